The molecule has 2 saturated heterocycles. The molecule has 7 atom stereocenters. The molecule has 8 heteroatoms. The number of carbonyl (C=O) groups excluding carboxylic acids is 3. The van der Waals surface area contributed by atoms with Gasteiger partial charge in [0.2, 0.25) is 11.8 Å². The van der Waals surface area contributed by atoms with Crippen LogP contribution in [0.1, 0.15) is 39.2 Å². The molecule has 3 amide bonds. The minimum atomic E-state index is -1.39. The quantitative estimate of drug-likeness (QED) is 0.349. The highest BCUT2D eigenvalue weighted by Crippen LogP contribution is 2.59. The Balaban J connectivity index is 1.36. The van der Waals surface area contributed by atoms with E-state index >= 15 is 9.59 Å². The fourth-order valence-corrected chi connectivity index (χ4v) is 8.44. The van der Waals surface area contributed by atoms with Gasteiger partial charge < -0.3 is 24.5 Å². The van der Waals surface area contributed by atoms with Gasteiger partial charge in [0.15, 0.2) is 0 Å². The highest BCUT2D eigenvalue weighted by Gasteiger charge is 2.76. The average Bonchev–Trinajstić information content (AvgIpc) is 3.39. The van der Waals surface area contributed by atoms with Crippen LogP contribution in [0.2, 0.25) is 0 Å². The summed E-state index contributed by atoms with van der Waals surface area (Å²) < 4.78 is 7.17. The van der Waals surface area contributed by atoms with Crippen molar-refractivity contribution in [3.05, 3.63) is 103 Å². The van der Waals surface area contributed by atoms with Crippen molar-refractivity contribution < 1.29 is 24.2 Å². The summed E-state index contributed by atoms with van der Waals surface area (Å²) in [5, 5.41) is 12.9. The molecule has 47 heavy (non-hydrogen) atoms. The van der Waals surface area contributed by atoms with Gasteiger partial charge in [-0.3, -0.25) is 14.4 Å². The molecular weight excluding hydrogens is 590 g/mol. The molecular formula is C39H43N3O5. The molecule has 2 fully saturated rings. The lowest BCUT2D eigenvalue weighted by atomic mass is 9.73. The first-order chi connectivity index (χ1) is 22.8. The Morgan fingerprint density at radius 2 is 1.57 bits per heavy atom. The van der Waals surface area contributed by atoms with Gasteiger partial charge in [0.05, 0.1) is 30.1 Å². The maximum atomic E-state index is 15.1. The second-order valence-corrected chi connectivity index (χ2v) is 13.5. The fourth-order valence-electron chi connectivity index (χ4n) is 8.44. The van der Waals surface area contributed by atoms with E-state index in [-0.39, 0.29) is 36.8 Å². The Morgan fingerprint density at radius 3 is 2.30 bits per heavy atom. The lowest BCUT2D eigenvalue weighted by Gasteiger charge is -2.42. The molecule has 4 aliphatic rings. The normalized spacial score (nSPS) is 29.8. The van der Waals surface area contributed by atoms with E-state index in [1.807, 2.05) is 118 Å². The topological polar surface area (TPSA) is 90.4 Å². The number of benzene rings is 3. The van der Waals surface area contributed by atoms with Crippen molar-refractivity contribution in [2.45, 2.75) is 63.4 Å². The summed E-state index contributed by atoms with van der Waals surface area (Å²) in [7, 11) is 0. The van der Waals surface area contributed by atoms with E-state index in [9.17, 15) is 9.90 Å². The molecule has 0 radical (unpaired) electrons. The molecule has 1 unspecified atom stereocenters. The fraction of sp³-hybridized carbons (Fsp3) is 0.410. The summed E-state index contributed by atoms with van der Waals surface area (Å²) in [6.45, 7) is 6.77. The molecule has 8 nitrogen and oxygen atoms in total. The van der Waals surface area contributed by atoms with Crippen LogP contribution in [0.5, 0.6) is 0 Å². The Labute approximate surface area is 276 Å². The molecule has 1 spiro atoms. The van der Waals surface area contributed by atoms with E-state index < -0.39 is 35.1 Å². The number of nitrogens with zero attached hydrogens (tertiary/aromatic N) is 3. The molecule has 3 aromatic carbocycles. The van der Waals surface area contributed by atoms with Crippen LogP contribution in [0, 0.1) is 17.8 Å². The van der Waals surface area contributed by atoms with Gasteiger partial charge in [0, 0.05) is 25.3 Å². The van der Waals surface area contributed by atoms with Crippen molar-refractivity contribution in [1.82, 2.24) is 9.80 Å². The number of aliphatic hydroxyl groups is 1. The summed E-state index contributed by atoms with van der Waals surface area (Å²) in [5.74, 6) is -2.60. The van der Waals surface area contributed by atoms with Gasteiger partial charge in [-0.15, -0.1) is 0 Å². The number of fused-ring (bicyclic) bond motifs is 3. The van der Waals surface area contributed by atoms with Gasteiger partial charge in [-0.1, -0.05) is 112 Å². The summed E-state index contributed by atoms with van der Waals surface area (Å²) in [6, 6.07) is 22.1. The van der Waals surface area contributed by atoms with Crippen LogP contribution in [-0.2, 0) is 25.7 Å². The Morgan fingerprint density at radius 1 is 0.851 bits per heavy atom. The molecule has 7 rings (SSSR count). The molecule has 244 valence electrons. The molecule has 0 saturated carbocycles. The molecule has 1 N–H and O–H groups in total. The van der Waals surface area contributed by atoms with E-state index in [4.69, 9.17) is 4.74 Å². The average molecular weight is 634 g/mol. The van der Waals surface area contributed by atoms with Crippen molar-refractivity contribution in [2.24, 2.45) is 17.8 Å². The third-order valence-electron chi connectivity index (χ3n) is 11.1. The zero-order valence-electron chi connectivity index (χ0n) is 27.3. The number of aliphatic hydroxyl groups excluding tert-OH is 1. The highest BCUT2D eigenvalue weighted by molar-refractivity contribution is 6.07. The molecule has 3 aromatic rings. The third kappa shape index (κ3) is 4.83. The van der Waals surface area contributed by atoms with Crippen molar-refractivity contribution in [3.8, 4) is 0 Å². The van der Waals surface area contributed by atoms with Crippen LogP contribution in [0.15, 0.2) is 97.1 Å². The third-order valence-corrected chi connectivity index (χ3v) is 11.1. The summed E-state index contributed by atoms with van der Waals surface area (Å²) in [6.07, 6.45) is 8.90. The van der Waals surface area contributed by atoms with Crippen LogP contribution in [0.25, 0.3) is 10.8 Å². The van der Waals surface area contributed by atoms with Crippen LogP contribution in [-0.4, -0.2) is 75.6 Å². The predicted molar refractivity (Wildman–Crippen MR) is 181 cm³/mol. The number of hydrogen-bond donors (Lipinski definition) is 1. The number of carbonyl (C=O) groups is 3. The van der Waals surface area contributed by atoms with E-state index in [0.29, 0.717) is 25.9 Å². The van der Waals surface area contributed by atoms with Gasteiger partial charge >= 0.3 is 0 Å². The first-order valence-corrected chi connectivity index (χ1v) is 16.9. The largest absolute Gasteiger partial charge is 0.394 e. The van der Waals surface area contributed by atoms with Crippen LogP contribution >= 0.6 is 0 Å². The van der Waals surface area contributed by atoms with Crippen LogP contribution in [0.4, 0.5) is 5.69 Å². The van der Waals surface area contributed by atoms with E-state index in [1.54, 1.807) is 14.7 Å². The Hall–Kier alpha value is -4.27. The molecule has 0 aliphatic carbocycles. The number of amides is 3. The zero-order chi connectivity index (χ0) is 32.9. The summed E-state index contributed by atoms with van der Waals surface area (Å²) >= 11 is 0. The van der Waals surface area contributed by atoms with Crippen molar-refractivity contribution >= 4 is 34.2 Å². The number of ether oxygens (including phenoxy) is 1. The first-order valence-electron chi connectivity index (χ1n) is 16.9. The van der Waals surface area contributed by atoms with Gasteiger partial charge in [-0.05, 0) is 40.8 Å². The Bertz CT molecular complexity index is 1760. The van der Waals surface area contributed by atoms with Crippen molar-refractivity contribution in [3.63, 3.8) is 0 Å². The second kappa shape index (κ2) is 12.1. The maximum absolute atomic E-state index is 15.1. The van der Waals surface area contributed by atoms with Gasteiger partial charge in [0.25, 0.3) is 5.91 Å². The molecule has 0 aromatic heterocycles. The summed E-state index contributed by atoms with van der Waals surface area (Å²) in [5.41, 5.74) is -0.743. The van der Waals surface area contributed by atoms with E-state index in [0.717, 1.165) is 22.0 Å². The van der Waals surface area contributed by atoms with Gasteiger partial charge in [0.1, 0.15) is 11.6 Å². The number of rotatable bonds is 8. The van der Waals surface area contributed by atoms with Crippen molar-refractivity contribution in [1.29, 1.82) is 0 Å². The monoisotopic (exact) mass is 633 g/mol. The van der Waals surface area contributed by atoms with Gasteiger partial charge in [-0.25, -0.2) is 0 Å². The SMILES string of the molecule is CC[C@H](C)[C@H](CO)N1C(=O)[C@@H]2[C@H]3C(=O)N(Cc4ccccc4)CC=C[C@@]3(CC)O[C@@]23C=CCN(c2ccc4ccccc4c2)C(=O)C13. The van der Waals surface area contributed by atoms with Gasteiger partial charge in [-0.2, -0.15) is 0 Å². The number of hydrogen-bond acceptors (Lipinski definition) is 5. The smallest absolute Gasteiger partial charge is 0.253 e. The van der Waals surface area contributed by atoms with Crippen molar-refractivity contribution in [2.75, 3.05) is 24.6 Å². The predicted octanol–water partition coefficient (Wildman–Crippen LogP) is 5.11. The summed E-state index contributed by atoms with van der Waals surface area (Å²) in [4.78, 5) is 49.9. The Kier molecular flexibility index (Phi) is 8.05. The maximum Gasteiger partial charge on any atom is 0.253 e. The zero-order valence-corrected chi connectivity index (χ0v) is 27.3. The highest BCUT2D eigenvalue weighted by atomic mass is 16.5. The van der Waals surface area contributed by atoms with E-state index in [2.05, 4.69) is 0 Å². The minimum absolute atomic E-state index is 0.0933. The van der Waals surface area contributed by atoms with Crippen LogP contribution < -0.4 is 4.90 Å². The number of likely N-dealkylation sites (tertiary alicyclic amines) is 1. The number of anilines is 1. The standard InChI is InChI=1S/C39H43N3O5/c1-4-26(3)31(25-43)42-34-37(46)41(30-18-17-28-15-9-10-16-29(28)23-30)22-12-20-39(34)33(36(42)45)32-35(44)40(24-27-13-7-6-8-14-27)21-11-19-38(32,5-2)47-39/h6-20,23,26,31-34,43H,4-5,21-22,24-25H2,1-3H3/t26-,31-,32-,33-,34?,38+,39-/m0/s1. The first kappa shape index (κ1) is 31.3. The minimum Gasteiger partial charge on any atom is -0.394 e. The molecule has 4 heterocycles. The van der Waals surface area contributed by atoms with Crippen LogP contribution in [0.3, 0.4) is 0 Å². The lowest BCUT2D eigenvalue weighted by molar-refractivity contribution is -0.154. The van der Waals surface area contributed by atoms with E-state index in [1.165, 1.54) is 0 Å². The molecule has 4 aliphatic heterocycles. The molecule has 0 bridgehead atoms. The second-order valence-electron chi connectivity index (χ2n) is 13.5. The lowest BCUT2D eigenvalue weighted by Crippen LogP contribution is -2.60.